The molecule has 0 saturated heterocycles. The predicted octanol–water partition coefficient (Wildman–Crippen LogP) is 2.11. The zero-order valence-electron chi connectivity index (χ0n) is 9.33. The SMILES string of the molecule is CCc1ccc(N/C=C/N)cc1C(C)N. The Hall–Kier alpha value is -1.48. The van der Waals surface area contributed by atoms with Crippen LogP contribution >= 0.6 is 0 Å². The van der Waals surface area contributed by atoms with E-state index in [9.17, 15) is 0 Å². The summed E-state index contributed by atoms with van der Waals surface area (Å²) < 4.78 is 0. The van der Waals surface area contributed by atoms with Crippen molar-refractivity contribution in [3.05, 3.63) is 41.7 Å². The van der Waals surface area contributed by atoms with Gasteiger partial charge in [-0.2, -0.15) is 0 Å². The molecule has 0 aliphatic heterocycles. The predicted molar refractivity (Wildman–Crippen MR) is 65.4 cm³/mol. The molecule has 0 fully saturated rings. The van der Waals surface area contributed by atoms with Gasteiger partial charge in [-0.25, -0.2) is 0 Å². The van der Waals surface area contributed by atoms with Gasteiger partial charge in [0.15, 0.2) is 0 Å². The van der Waals surface area contributed by atoms with Crippen LogP contribution in [0.15, 0.2) is 30.6 Å². The molecule has 0 bridgehead atoms. The van der Waals surface area contributed by atoms with Gasteiger partial charge in [-0.05, 0) is 36.6 Å². The van der Waals surface area contributed by atoms with Crippen LogP contribution in [0, 0.1) is 0 Å². The number of anilines is 1. The largest absolute Gasteiger partial charge is 0.403 e. The van der Waals surface area contributed by atoms with Crippen molar-refractivity contribution in [3.8, 4) is 0 Å². The summed E-state index contributed by atoms with van der Waals surface area (Å²) in [7, 11) is 0. The molecule has 15 heavy (non-hydrogen) atoms. The number of rotatable bonds is 4. The third-order valence-electron chi connectivity index (χ3n) is 2.36. The standard InChI is InChI=1S/C12H19N3/c1-3-10-4-5-11(15-7-6-13)8-12(10)9(2)14/h4-9,15H,3,13-14H2,1-2H3/b7-6+. The molecule has 0 saturated carbocycles. The Morgan fingerprint density at radius 1 is 1.47 bits per heavy atom. The van der Waals surface area contributed by atoms with Crippen molar-refractivity contribution in [1.82, 2.24) is 0 Å². The number of hydrogen-bond donors (Lipinski definition) is 3. The number of aryl methyl sites for hydroxylation is 1. The third-order valence-corrected chi connectivity index (χ3v) is 2.36. The molecule has 1 unspecified atom stereocenters. The Bertz CT molecular complexity index is 343. The van der Waals surface area contributed by atoms with Crippen molar-refractivity contribution in [2.75, 3.05) is 5.32 Å². The molecule has 0 aliphatic rings. The van der Waals surface area contributed by atoms with Crippen LogP contribution in [0.4, 0.5) is 5.69 Å². The summed E-state index contributed by atoms with van der Waals surface area (Å²) in [6.07, 6.45) is 4.18. The highest BCUT2D eigenvalue weighted by Crippen LogP contribution is 2.21. The van der Waals surface area contributed by atoms with Gasteiger partial charge in [0, 0.05) is 24.1 Å². The van der Waals surface area contributed by atoms with E-state index in [0.29, 0.717) is 0 Å². The minimum atomic E-state index is 0.0588. The van der Waals surface area contributed by atoms with E-state index in [-0.39, 0.29) is 6.04 Å². The molecule has 0 aromatic heterocycles. The van der Waals surface area contributed by atoms with Crippen LogP contribution in [0.3, 0.4) is 0 Å². The van der Waals surface area contributed by atoms with E-state index in [2.05, 4.69) is 24.4 Å². The highest BCUT2D eigenvalue weighted by molar-refractivity contribution is 5.51. The molecule has 1 aromatic rings. The van der Waals surface area contributed by atoms with Gasteiger partial charge in [-0.1, -0.05) is 13.0 Å². The van der Waals surface area contributed by atoms with Gasteiger partial charge in [-0.15, -0.1) is 0 Å². The third kappa shape index (κ3) is 2.99. The van der Waals surface area contributed by atoms with Gasteiger partial charge >= 0.3 is 0 Å². The van der Waals surface area contributed by atoms with Gasteiger partial charge in [-0.3, -0.25) is 0 Å². The van der Waals surface area contributed by atoms with Crippen molar-refractivity contribution in [3.63, 3.8) is 0 Å². The monoisotopic (exact) mass is 205 g/mol. The number of benzene rings is 1. The summed E-state index contributed by atoms with van der Waals surface area (Å²) in [4.78, 5) is 0. The Labute approximate surface area is 91.2 Å². The van der Waals surface area contributed by atoms with E-state index in [4.69, 9.17) is 11.5 Å². The normalized spacial score (nSPS) is 13.0. The molecular formula is C12H19N3. The average Bonchev–Trinajstić information content (AvgIpc) is 2.25. The minimum Gasteiger partial charge on any atom is -0.403 e. The first kappa shape index (κ1) is 11.6. The molecule has 0 radical (unpaired) electrons. The molecular weight excluding hydrogens is 186 g/mol. The first-order valence-electron chi connectivity index (χ1n) is 5.20. The topological polar surface area (TPSA) is 64.1 Å². The molecule has 1 rings (SSSR count). The number of nitrogens with two attached hydrogens (primary N) is 2. The van der Waals surface area contributed by atoms with E-state index in [0.717, 1.165) is 12.1 Å². The van der Waals surface area contributed by atoms with Crippen LogP contribution < -0.4 is 16.8 Å². The maximum atomic E-state index is 5.92. The smallest absolute Gasteiger partial charge is 0.0383 e. The quantitative estimate of drug-likeness (QED) is 0.705. The fourth-order valence-corrected chi connectivity index (χ4v) is 1.57. The first-order valence-corrected chi connectivity index (χ1v) is 5.20. The summed E-state index contributed by atoms with van der Waals surface area (Å²) in [5, 5.41) is 3.08. The molecule has 1 atom stereocenters. The van der Waals surface area contributed by atoms with E-state index < -0.39 is 0 Å². The minimum absolute atomic E-state index is 0.0588. The van der Waals surface area contributed by atoms with Crippen molar-refractivity contribution < 1.29 is 0 Å². The van der Waals surface area contributed by atoms with Gasteiger partial charge in [0.05, 0.1) is 0 Å². The number of nitrogens with one attached hydrogen (secondary N) is 1. The summed E-state index contributed by atoms with van der Waals surface area (Å²) in [6.45, 7) is 4.13. The molecule has 0 amide bonds. The van der Waals surface area contributed by atoms with Crippen molar-refractivity contribution in [1.29, 1.82) is 0 Å². The fraction of sp³-hybridized carbons (Fsp3) is 0.333. The number of hydrogen-bond acceptors (Lipinski definition) is 3. The van der Waals surface area contributed by atoms with E-state index in [1.54, 1.807) is 6.20 Å². The van der Waals surface area contributed by atoms with E-state index >= 15 is 0 Å². The Kier molecular flexibility index (Phi) is 4.18. The lowest BCUT2D eigenvalue weighted by Gasteiger charge is -2.13. The van der Waals surface area contributed by atoms with Gasteiger partial charge in [0.1, 0.15) is 0 Å². The molecule has 3 heteroatoms. The van der Waals surface area contributed by atoms with Crippen LogP contribution in [-0.4, -0.2) is 0 Å². The molecule has 5 N–H and O–H groups in total. The average molecular weight is 205 g/mol. The Morgan fingerprint density at radius 3 is 2.73 bits per heavy atom. The van der Waals surface area contributed by atoms with Crippen LogP contribution in [0.1, 0.15) is 31.0 Å². The van der Waals surface area contributed by atoms with Crippen molar-refractivity contribution >= 4 is 5.69 Å². The Balaban J connectivity index is 2.99. The molecule has 1 aromatic carbocycles. The zero-order chi connectivity index (χ0) is 11.3. The maximum absolute atomic E-state index is 5.92. The van der Waals surface area contributed by atoms with E-state index in [1.165, 1.54) is 17.3 Å². The summed E-state index contributed by atoms with van der Waals surface area (Å²) in [5.41, 5.74) is 14.7. The highest BCUT2D eigenvalue weighted by atomic mass is 14.8. The highest BCUT2D eigenvalue weighted by Gasteiger charge is 2.05. The molecule has 0 aliphatic carbocycles. The lowest BCUT2D eigenvalue weighted by molar-refractivity contribution is 0.801. The molecule has 82 valence electrons. The molecule has 0 spiro atoms. The van der Waals surface area contributed by atoms with Crippen LogP contribution in [0.2, 0.25) is 0 Å². The van der Waals surface area contributed by atoms with Crippen LogP contribution in [0.25, 0.3) is 0 Å². The van der Waals surface area contributed by atoms with Crippen LogP contribution in [0.5, 0.6) is 0 Å². The zero-order valence-corrected chi connectivity index (χ0v) is 9.33. The van der Waals surface area contributed by atoms with Gasteiger partial charge < -0.3 is 16.8 Å². The summed E-state index contributed by atoms with van der Waals surface area (Å²) in [6, 6.07) is 6.27. The molecule has 3 nitrogen and oxygen atoms in total. The van der Waals surface area contributed by atoms with Crippen molar-refractivity contribution in [2.24, 2.45) is 11.5 Å². The van der Waals surface area contributed by atoms with E-state index in [1.807, 2.05) is 13.0 Å². The summed E-state index contributed by atoms with van der Waals surface area (Å²) >= 11 is 0. The second-order valence-corrected chi connectivity index (χ2v) is 3.56. The Morgan fingerprint density at radius 2 is 2.20 bits per heavy atom. The van der Waals surface area contributed by atoms with Crippen LogP contribution in [-0.2, 0) is 6.42 Å². The maximum Gasteiger partial charge on any atom is 0.0383 e. The fourth-order valence-electron chi connectivity index (χ4n) is 1.57. The molecule has 0 heterocycles. The van der Waals surface area contributed by atoms with Gasteiger partial charge in [0.2, 0.25) is 0 Å². The van der Waals surface area contributed by atoms with Crippen molar-refractivity contribution in [2.45, 2.75) is 26.3 Å². The second-order valence-electron chi connectivity index (χ2n) is 3.56. The second kappa shape index (κ2) is 5.41. The lowest BCUT2D eigenvalue weighted by Crippen LogP contribution is -2.08. The summed E-state index contributed by atoms with van der Waals surface area (Å²) in [5.74, 6) is 0. The lowest BCUT2D eigenvalue weighted by atomic mass is 9.99. The first-order chi connectivity index (χ1) is 7.19. The van der Waals surface area contributed by atoms with Gasteiger partial charge in [0.25, 0.3) is 0 Å².